The molecule has 6 nitrogen and oxygen atoms in total. The normalized spacial score (nSPS) is 18.9. The minimum absolute atomic E-state index is 0. The molecule has 1 aromatic rings. The minimum atomic E-state index is -4.60. The van der Waals surface area contributed by atoms with Crippen molar-refractivity contribution in [2.75, 3.05) is 19.8 Å². The van der Waals surface area contributed by atoms with E-state index in [1.807, 2.05) is 10.8 Å². The number of rotatable bonds is 7. The number of hydrogen-bond donors (Lipinski definition) is 1. The molecule has 1 N–H and O–H groups in total. The van der Waals surface area contributed by atoms with Crippen LogP contribution >= 0.6 is 11.3 Å². The van der Waals surface area contributed by atoms with Gasteiger partial charge in [-0.1, -0.05) is 0 Å². The molecule has 2 unspecified atom stereocenters. The Kier molecular flexibility index (Phi) is 8.60. The molecule has 0 fully saturated rings. The molecular weight excluding hydrogens is 350 g/mol. The molecule has 0 radical (unpaired) electrons. The van der Waals surface area contributed by atoms with Gasteiger partial charge >= 0.3 is 51.4 Å². The fourth-order valence-corrected chi connectivity index (χ4v) is 2.79. The third-order valence-electron chi connectivity index (χ3n) is 2.66. The summed E-state index contributed by atoms with van der Waals surface area (Å²) in [5.41, 5.74) is -2.26. The molecule has 0 amide bonds. The average molecular weight is 366 g/mol. The van der Waals surface area contributed by atoms with Gasteiger partial charge in [0.15, 0.2) is 17.6 Å². The van der Waals surface area contributed by atoms with Crippen molar-refractivity contribution >= 4 is 72.8 Å². The Morgan fingerprint density at radius 1 is 1.48 bits per heavy atom. The van der Waals surface area contributed by atoms with Crippen LogP contribution in [-0.4, -0.2) is 95.8 Å². The zero-order valence-corrected chi connectivity index (χ0v) is 12.2. The van der Waals surface area contributed by atoms with Crippen molar-refractivity contribution in [3.05, 3.63) is 10.8 Å². The van der Waals surface area contributed by atoms with Crippen LogP contribution in [0.25, 0.3) is 0 Å². The number of alkyl halides is 1. The summed E-state index contributed by atoms with van der Waals surface area (Å²) in [6.45, 7) is 0.838. The SMILES string of the molecule is O=S(=O)(O)C(F)CCCOCC1COc2cscc2O1.[KH]. The summed E-state index contributed by atoms with van der Waals surface area (Å²) >= 11 is 1.48. The Morgan fingerprint density at radius 3 is 2.90 bits per heavy atom. The van der Waals surface area contributed by atoms with E-state index >= 15 is 0 Å². The van der Waals surface area contributed by atoms with Gasteiger partial charge in [0.2, 0.25) is 5.50 Å². The van der Waals surface area contributed by atoms with Crippen molar-refractivity contribution < 1.29 is 31.6 Å². The van der Waals surface area contributed by atoms with Gasteiger partial charge < -0.3 is 14.2 Å². The predicted octanol–water partition coefficient (Wildman–Crippen LogP) is 1.22. The van der Waals surface area contributed by atoms with E-state index in [1.165, 1.54) is 11.3 Å². The summed E-state index contributed by atoms with van der Waals surface area (Å²) in [4.78, 5) is 0. The summed E-state index contributed by atoms with van der Waals surface area (Å²) in [5, 5.41) is 3.68. The standard InChI is InChI=1S/C11H15FO6S2.K.H/c12-11(20(13,14)15)2-1-3-16-4-8-5-17-9-6-19-7-10(9)18-8;;/h6-8,11H,1-5H2,(H,13,14,15);;. The van der Waals surface area contributed by atoms with Crippen molar-refractivity contribution in [2.24, 2.45) is 0 Å². The van der Waals surface area contributed by atoms with Crippen molar-refractivity contribution in [3.63, 3.8) is 0 Å². The van der Waals surface area contributed by atoms with E-state index in [0.717, 1.165) is 5.75 Å². The molecule has 0 spiro atoms. The van der Waals surface area contributed by atoms with Crippen LogP contribution in [0.3, 0.4) is 0 Å². The molecule has 1 aromatic heterocycles. The number of hydrogen-bond acceptors (Lipinski definition) is 6. The number of fused-ring (bicyclic) bond motifs is 1. The Hall–Kier alpha value is 0.736. The molecule has 0 saturated heterocycles. The summed E-state index contributed by atoms with van der Waals surface area (Å²) in [5.74, 6) is 1.41. The molecule has 0 aliphatic carbocycles. The Balaban J connectivity index is 0.00000220. The van der Waals surface area contributed by atoms with Crippen LogP contribution in [0.5, 0.6) is 11.5 Å². The molecule has 21 heavy (non-hydrogen) atoms. The van der Waals surface area contributed by atoms with Crippen molar-refractivity contribution in [3.8, 4) is 11.5 Å². The van der Waals surface area contributed by atoms with Crippen LogP contribution in [0.15, 0.2) is 10.8 Å². The summed E-state index contributed by atoms with van der Waals surface area (Å²) in [7, 11) is -4.60. The molecule has 0 aromatic carbocycles. The number of ether oxygens (including phenoxy) is 3. The van der Waals surface area contributed by atoms with Gasteiger partial charge in [0.05, 0.1) is 6.61 Å². The summed E-state index contributed by atoms with van der Waals surface area (Å²) in [6, 6.07) is 0. The van der Waals surface area contributed by atoms with Gasteiger partial charge in [-0.05, 0) is 12.8 Å². The van der Waals surface area contributed by atoms with E-state index in [0.29, 0.717) is 12.4 Å². The van der Waals surface area contributed by atoms with Crippen molar-refractivity contribution in [1.82, 2.24) is 0 Å². The van der Waals surface area contributed by atoms with Crippen LogP contribution in [0, 0.1) is 0 Å². The first kappa shape index (κ1) is 19.8. The molecule has 0 saturated carbocycles. The monoisotopic (exact) mass is 366 g/mol. The van der Waals surface area contributed by atoms with Gasteiger partial charge in [-0.2, -0.15) is 8.42 Å². The fourth-order valence-electron chi connectivity index (χ4n) is 1.65. The first-order chi connectivity index (χ1) is 9.47. The van der Waals surface area contributed by atoms with E-state index in [-0.39, 0.29) is 83.5 Å². The van der Waals surface area contributed by atoms with Crippen LogP contribution in [0.4, 0.5) is 4.39 Å². The van der Waals surface area contributed by atoms with Gasteiger partial charge in [0.1, 0.15) is 6.61 Å². The topological polar surface area (TPSA) is 82.1 Å². The van der Waals surface area contributed by atoms with E-state index in [2.05, 4.69) is 0 Å². The van der Waals surface area contributed by atoms with Crippen LogP contribution in [-0.2, 0) is 14.9 Å². The second-order valence-electron chi connectivity index (χ2n) is 4.29. The summed E-state index contributed by atoms with van der Waals surface area (Å²) in [6.07, 6.45) is -0.340. The average Bonchev–Trinajstić information content (AvgIpc) is 2.84. The van der Waals surface area contributed by atoms with Crippen molar-refractivity contribution in [2.45, 2.75) is 24.4 Å². The Labute approximate surface area is 169 Å². The molecule has 2 rings (SSSR count). The van der Waals surface area contributed by atoms with Crippen molar-refractivity contribution in [1.29, 1.82) is 0 Å². The molecule has 10 heteroatoms. The molecule has 1 aliphatic rings. The van der Waals surface area contributed by atoms with Gasteiger partial charge in [-0.3, -0.25) is 4.55 Å². The molecule has 2 atom stereocenters. The fraction of sp³-hybridized carbons (Fsp3) is 0.636. The molecule has 2 heterocycles. The molecule has 116 valence electrons. The first-order valence-corrected chi connectivity index (χ1v) is 8.45. The zero-order valence-electron chi connectivity index (χ0n) is 10.5. The van der Waals surface area contributed by atoms with E-state index < -0.39 is 15.6 Å². The van der Waals surface area contributed by atoms with Crippen LogP contribution < -0.4 is 9.47 Å². The molecule has 0 bridgehead atoms. The number of halogens is 1. The Bertz CT molecular complexity index is 535. The van der Waals surface area contributed by atoms with Gasteiger partial charge in [-0.15, -0.1) is 11.3 Å². The quantitative estimate of drug-likeness (QED) is 0.444. The third kappa shape index (κ3) is 6.40. The van der Waals surface area contributed by atoms with Gasteiger partial charge in [-0.25, -0.2) is 4.39 Å². The van der Waals surface area contributed by atoms with Crippen LogP contribution in [0.1, 0.15) is 12.8 Å². The second-order valence-corrected chi connectivity index (χ2v) is 6.58. The van der Waals surface area contributed by atoms with Gasteiger partial charge in [0, 0.05) is 17.4 Å². The maximum absolute atomic E-state index is 12.9. The zero-order chi connectivity index (χ0) is 14.6. The van der Waals surface area contributed by atoms with E-state index in [1.54, 1.807) is 0 Å². The van der Waals surface area contributed by atoms with Crippen LogP contribution in [0.2, 0.25) is 0 Å². The van der Waals surface area contributed by atoms with E-state index in [4.69, 9.17) is 18.8 Å². The summed E-state index contributed by atoms with van der Waals surface area (Å²) < 4.78 is 58.5. The molecule has 1 aliphatic heterocycles. The predicted molar refractivity (Wildman–Crippen MR) is 77.9 cm³/mol. The number of thiophene rings is 1. The maximum atomic E-state index is 12.9. The molecular formula is C11H16FKO6S2. The second kappa shape index (κ2) is 9.13. The third-order valence-corrected chi connectivity index (χ3v) is 4.24. The van der Waals surface area contributed by atoms with E-state index in [9.17, 15) is 12.8 Å². The Morgan fingerprint density at radius 2 is 2.19 bits per heavy atom. The first-order valence-electron chi connectivity index (χ1n) is 6.00. The van der Waals surface area contributed by atoms with Gasteiger partial charge in [0.25, 0.3) is 10.1 Å².